The van der Waals surface area contributed by atoms with Crippen LogP contribution in [0, 0.1) is 5.92 Å². The van der Waals surface area contributed by atoms with Crippen LogP contribution >= 0.6 is 0 Å². The summed E-state index contributed by atoms with van der Waals surface area (Å²) >= 11 is 0. The molecule has 0 atom stereocenters. The lowest BCUT2D eigenvalue weighted by Gasteiger charge is -2.22. The number of carboxylic acid groups (broad SMARTS) is 1. The van der Waals surface area contributed by atoms with Crippen molar-refractivity contribution in [3.05, 3.63) is 41.0 Å². The lowest BCUT2D eigenvalue weighted by atomic mass is 9.85. The molecule has 0 aromatic heterocycles. The molecule has 1 aromatic rings. The molecule has 1 fully saturated rings. The molecule has 0 saturated heterocycles. The first kappa shape index (κ1) is 14.8. The Labute approximate surface area is 120 Å². The molecule has 1 aliphatic carbocycles. The lowest BCUT2D eigenvalue weighted by Crippen LogP contribution is -2.17. The van der Waals surface area contributed by atoms with E-state index in [1.165, 1.54) is 24.0 Å². The molecule has 0 heterocycles. The van der Waals surface area contributed by atoms with Crippen LogP contribution in [0.2, 0.25) is 0 Å². The van der Waals surface area contributed by atoms with Gasteiger partial charge in [-0.2, -0.15) is 0 Å². The smallest absolute Gasteiger partial charge is 0.303 e. The summed E-state index contributed by atoms with van der Waals surface area (Å²) in [5.74, 6) is -0.0431. The number of aryl methyl sites for hydroxylation is 1. The molecule has 2 rings (SSSR count). The minimum Gasteiger partial charge on any atom is -0.481 e. The van der Waals surface area contributed by atoms with Crippen molar-refractivity contribution >= 4 is 12.0 Å². The Morgan fingerprint density at radius 2 is 1.90 bits per heavy atom. The van der Waals surface area contributed by atoms with Gasteiger partial charge in [0.1, 0.15) is 0 Å². The number of hydrogen-bond donors (Lipinski definition) is 2. The summed E-state index contributed by atoms with van der Waals surface area (Å²) in [5.41, 5.74) is 9.51. The zero-order valence-electron chi connectivity index (χ0n) is 11.8. The topological polar surface area (TPSA) is 63.3 Å². The molecule has 20 heavy (non-hydrogen) atoms. The largest absolute Gasteiger partial charge is 0.481 e. The van der Waals surface area contributed by atoms with Crippen molar-refractivity contribution in [2.45, 2.75) is 38.5 Å². The van der Waals surface area contributed by atoms with Crippen molar-refractivity contribution in [3.8, 4) is 0 Å². The molecule has 3 nitrogen and oxygen atoms in total. The van der Waals surface area contributed by atoms with Gasteiger partial charge in [0.25, 0.3) is 0 Å². The van der Waals surface area contributed by atoms with Gasteiger partial charge in [-0.05, 0) is 55.7 Å². The van der Waals surface area contributed by atoms with Crippen molar-refractivity contribution in [1.29, 1.82) is 0 Å². The van der Waals surface area contributed by atoms with Crippen molar-refractivity contribution in [2.24, 2.45) is 11.7 Å². The van der Waals surface area contributed by atoms with E-state index in [9.17, 15) is 4.79 Å². The van der Waals surface area contributed by atoms with Crippen LogP contribution < -0.4 is 5.73 Å². The molecular weight excluding hydrogens is 250 g/mol. The van der Waals surface area contributed by atoms with Gasteiger partial charge in [0.05, 0.1) is 0 Å². The number of benzene rings is 1. The van der Waals surface area contributed by atoms with Crippen LogP contribution in [0.3, 0.4) is 0 Å². The molecule has 1 aliphatic rings. The number of nitrogens with two attached hydrogens (primary N) is 1. The summed E-state index contributed by atoms with van der Waals surface area (Å²) in [6.45, 7) is 0.811. The van der Waals surface area contributed by atoms with E-state index in [2.05, 4.69) is 18.2 Å². The minimum absolute atomic E-state index is 0.195. The van der Waals surface area contributed by atoms with E-state index >= 15 is 0 Å². The molecule has 3 N–H and O–H groups in total. The average Bonchev–Trinajstić information content (AvgIpc) is 2.47. The molecule has 0 amide bonds. The second kappa shape index (κ2) is 7.25. The Morgan fingerprint density at radius 1 is 1.25 bits per heavy atom. The predicted octanol–water partition coefficient (Wildman–Crippen LogP) is 3.24. The van der Waals surface area contributed by atoms with Crippen molar-refractivity contribution < 1.29 is 9.90 Å². The fourth-order valence-corrected chi connectivity index (χ4v) is 2.70. The summed E-state index contributed by atoms with van der Waals surface area (Å²) in [7, 11) is 0. The molecule has 3 heteroatoms. The van der Waals surface area contributed by atoms with Gasteiger partial charge in [-0.3, -0.25) is 4.79 Å². The quantitative estimate of drug-likeness (QED) is 0.865. The molecule has 1 aromatic carbocycles. The van der Waals surface area contributed by atoms with Crippen LogP contribution in [0.5, 0.6) is 0 Å². The number of aliphatic carboxylic acids is 1. The van der Waals surface area contributed by atoms with E-state index in [-0.39, 0.29) is 6.42 Å². The number of carboxylic acids is 1. The number of carbonyl (C=O) groups is 1. The third-order valence-electron chi connectivity index (χ3n) is 4.06. The fourth-order valence-electron chi connectivity index (χ4n) is 2.70. The molecule has 0 unspecified atom stereocenters. The standard InChI is InChI=1S/C17H23NO2/c18-12-16-7-5-15(6-8-16)11-14-3-1-13(2-4-14)9-10-17(19)20/h1-4,11,16H,5-10,12,18H2,(H,19,20). The first-order valence-corrected chi connectivity index (χ1v) is 7.37. The second-order valence-electron chi connectivity index (χ2n) is 5.62. The monoisotopic (exact) mass is 273 g/mol. The van der Waals surface area contributed by atoms with Crippen molar-refractivity contribution in [2.75, 3.05) is 6.54 Å². The predicted molar refractivity (Wildman–Crippen MR) is 81.4 cm³/mol. The van der Waals surface area contributed by atoms with E-state index in [0.29, 0.717) is 12.3 Å². The fraction of sp³-hybridized carbons (Fsp3) is 0.471. The van der Waals surface area contributed by atoms with Crippen molar-refractivity contribution in [1.82, 2.24) is 0 Å². The van der Waals surface area contributed by atoms with Gasteiger partial charge in [-0.25, -0.2) is 0 Å². The Kier molecular flexibility index (Phi) is 5.36. The Morgan fingerprint density at radius 3 is 2.45 bits per heavy atom. The third-order valence-corrected chi connectivity index (χ3v) is 4.06. The third kappa shape index (κ3) is 4.49. The molecule has 1 saturated carbocycles. The van der Waals surface area contributed by atoms with Gasteiger partial charge >= 0.3 is 5.97 Å². The number of rotatable bonds is 5. The van der Waals surface area contributed by atoms with Gasteiger partial charge in [-0.1, -0.05) is 35.9 Å². The van der Waals surface area contributed by atoms with Gasteiger partial charge in [0.15, 0.2) is 0 Å². The summed E-state index contributed by atoms with van der Waals surface area (Å²) in [5, 5.41) is 8.67. The molecule has 0 bridgehead atoms. The van der Waals surface area contributed by atoms with Crippen molar-refractivity contribution in [3.63, 3.8) is 0 Å². The summed E-state index contributed by atoms with van der Waals surface area (Å²) in [6.07, 6.45) is 7.79. The summed E-state index contributed by atoms with van der Waals surface area (Å²) in [4.78, 5) is 10.5. The van der Waals surface area contributed by atoms with Gasteiger partial charge in [-0.15, -0.1) is 0 Å². The van der Waals surface area contributed by atoms with Gasteiger partial charge in [0, 0.05) is 6.42 Å². The van der Waals surface area contributed by atoms with Gasteiger partial charge < -0.3 is 10.8 Å². The molecule has 0 aliphatic heterocycles. The Hall–Kier alpha value is -1.61. The second-order valence-corrected chi connectivity index (χ2v) is 5.62. The number of allylic oxidation sites excluding steroid dienone is 1. The summed E-state index contributed by atoms with van der Waals surface area (Å²) in [6, 6.07) is 8.22. The average molecular weight is 273 g/mol. The van der Waals surface area contributed by atoms with E-state index in [1.807, 2.05) is 12.1 Å². The molecule has 0 radical (unpaired) electrons. The first-order valence-electron chi connectivity index (χ1n) is 7.37. The highest BCUT2D eigenvalue weighted by Crippen LogP contribution is 2.28. The van der Waals surface area contributed by atoms with Crippen LogP contribution in [0.25, 0.3) is 6.08 Å². The molecule has 0 spiro atoms. The SMILES string of the molecule is NCC1CCC(=Cc2ccc(CCC(=O)O)cc2)CC1. The highest BCUT2D eigenvalue weighted by atomic mass is 16.4. The lowest BCUT2D eigenvalue weighted by molar-refractivity contribution is -0.136. The van der Waals surface area contributed by atoms with Crippen LogP contribution in [0.1, 0.15) is 43.2 Å². The Balaban J connectivity index is 1.92. The molecular formula is C17H23NO2. The normalized spacial score (nSPS) is 18.9. The summed E-state index contributed by atoms with van der Waals surface area (Å²) < 4.78 is 0. The minimum atomic E-state index is -0.743. The van der Waals surface area contributed by atoms with E-state index in [0.717, 1.165) is 24.9 Å². The zero-order valence-corrected chi connectivity index (χ0v) is 11.8. The maximum Gasteiger partial charge on any atom is 0.303 e. The van der Waals surface area contributed by atoms with E-state index < -0.39 is 5.97 Å². The zero-order chi connectivity index (χ0) is 14.4. The van der Waals surface area contributed by atoms with Crippen LogP contribution in [-0.2, 0) is 11.2 Å². The van der Waals surface area contributed by atoms with Crippen LogP contribution in [0.15, 0.2) is 29.8 Å². The highest BCUT2D eigenvalue weighted by molar-refractivity contribution is 5.67. The first-order chi connectivity index (χ1) is 9.67. The Bertz CT molecular complexity index is 466. The van der Waals surface area contributed by atoms with E-state index in [1.54, 1.807) is 0 Å². The number of hydrogen-bond acceptors (Lipinski definition) is 2. The highest BCUT2D eigenvalue weighted by Gasteiger charge is 2.14. The van der Waals surface area contributed by atoms with E-state index in [4.69, 9.17) is 10.8 Å². The maximum absolute atomic E-state index is 10.5. The van der Waals surface area contributed by atoms with Crippen LogP contribution in [-0.4, -0.2) is 17.6 Å². The molecule has 108 valence electrons. The van der Waals surface area contributed by atoms with Crippen LogP contribution in [0.4, 0.5) is 0 Å². The maximum atomic E-state index is 10.5. The van der Waals surface area contributed by atoms with Gasteiger partial charge in [0.2, 0.25) is 0 Å².